The molecule has 0 aliphatic rings. The number of nitrogens with zero attached hydrogens (tertiary/aromatic N) is 1. The van der Waals surface area contributed by atoms with E-state index < -0.39 is 30.1 Å². The summed E-state index contributed by atoms with van der Waals surface area (Å²) in [6.45, 7) is 3.00. The summed E-state index contributed by atoms with van der Waals surface area (Å²) in [6.07, 6.45) is 0.464. The lowest BCUT2D eigenvalue weighted by Gasteiger charge is -2.07. The van der Waals surface area contributed by atoms with Crippen LogP contribution in [-0.2, 0) is 20.7 Å². The number of carbonyl (C=O) groups is 2. The molecule has 0 fully saturated rings. The molecule has 6 nitrogen and oxygen atoms in total. The Kier molecular flexibility index (Phi) is 5.62. The van der Waals surface area contributed by atoms with Gasteiger partial charge in [-0.25, -0.2) is 8.78 Å². The first-order valence-electron chi connectivity index (χ1n) is 7.19. The molecule has 0 bridgehead atoms. The Morgan fingerprint density at radius 2 is 2.00 bits per heavy atom. The summed E-state index contributed by atoms with van der Waals surface area (Å²) in [7, 11) is 0. The molecule has 2 aromatic rings. The average Bonchev–Trinajstić information content (AvgIpc) is 2.85. The number of hydrogen-bond donors (Lipinski definition) is 1. The second kappa shape index (κ2) is 7.67. The molecule has 1 heterocycles. The minimum absolute atomic E-state index is 0.0708. The molecule has 24 heavy (non-hydrogen) atoms. The molecular weight excluding hydrogens is 322 g/mol. The number of rotatable bonds is 6. The standard InChI is InChI=1S/C16H16F2N2O4/c1-9-12(10(2)24-20-9)4-6-16(22)23-8-15(21)19-11-3-5-13(17)14(18)7-11/h3,5,7H,4,6,8H2,1-2H3,(H,19,21). The Morgan fingerprint density at radius 3 is 2.62 bits per heavy atom. The topological polar surface area (TPSA) is 81.4 Å². The van der Waals surface area contributed by atoms with Crippen LogP contribution in [0, 0.1) is 25.5 Å². The van der Waals surface area contributed by atoms with Gasteiger partial charge in [-0.15, -0.1) is 0 Å². The SMILES string of the molecule is Cc1noc(C)c1CCC(=O)OCC(=O)Nc1ccc(F)c(F)c1. The van der Waals surface area contributed by atoms with E-state index in [1.807, 2.05) is 0 Å². The van der Waals surface area contributed by atoms with Crippen LogP contribution < -0.4 is 5.32 Å². The minimum atomic E-state index is -1.08. The predicted octanol–water partition coefficient (Wildman–Crippen LogP) is 2.68. The second-order valence-corrected chi connectivity index (χ2v) is 5.14. The molecule has 0 atom stereocenters. The summed E-state index contributed by atoms with van der Waals surface area (Å²) in [5.41, 5.74) is 1.61. The fraction of sp³-hybridized carbons (Fsp3) is 0.312. The van der Waals surface area contributed by atoms with Gasteiger partial charge < -0.3 is 14.6 Å². The monoisotopic (exact) mass is 338 g/mol. The van der Waals surface area contributed by atoms with E-state index in [1.165, 1.54) is 6.07 Å². The second-order valence-electron chi connectivity index (χ2n) is 5.14. The fourth-order valence-corrected chi connectivity index (χ4v) is 2.08. The van der Waals surface area contributed by atoms with E-state index in [4.69, 9.17) is 9.26 Å². The van der Waals surface area contributed by atoms with Crippen LogP contribution in [0.2, 0.25) is 0 Å². The number of halogens is 2. The van der Waals surface area contributed by atoms with Crippen LogP contribution in [0.15, 0.2) is 22.7 Å². The van der Waals surface area contributed by atoms with Gasteiger partial charge >= 0.3 is 5.97 Å². The number of esters is 1. The summed E-state index contributed by atoms with van der Waals surface area (Å²) in [5.74, 6) is -2.67. The predicted molar refractivity (Wildman–Crippen MR) is 80.2 cm³/mol. The van der Waals surface area contributed by atoms with Gasteiger partial charge in [0, 0.05) is 23.7 Å². The molecule has 1 N–H and O–H groups in total. The van der Waals surface area contributed by atoms with Crippen molar-refractivity contribution in [2.75, 3.05) is 11.9 Å². The number of benzene rings is 1. The van der Waals surface area contributed by atoms with E-state index in [-0.39, 0.29) is 12.1 Å². The number of carbonyl (C=O) groups excluding carboxylic acids is 2. The number of anilines is 1. The zero-order valence-corrected chi connectivity index (χ0v) is 13.2. The van der Waals surface area contributed by atoms with Gasteiger partial charge in [0.25, 0.3) is 5.91 Å². The lowest BCUT2D eigenvalue weighted by Crippen LogP contribution is -2.21. The molecule has 0 aliphatic carbocycles. The highest BCUT2D eigenvalue weighted by atomic mass is 19.2. The molecule has 1 aromatic heterocycles. The van der Waals surface area contributed by atoms with Gasteiger partial charge in [-0.3, -0.25) is 9.59 Å². The van der Waals surface area contributed by atoms with Crippen LogP contribution in [0.5, 0.6) is 0 Å². The number of amides is 1. The molecule has 0 radical (unpaired) electrons. The third-order valence-corrected chi connectivity index (χ3v) is 3.33. The first-order valence-corrected chi connectivity index (χ1v) is 7.19. The lowest BCUT2D eigenvalue weighted by molar-refractivity contribution is -0.147. The first kappa shape index (κ1) is 17.6. The average molecular weight is 338 g/mol. The van der Waals surface area contributed by atoms with Gasteiger partial charge in [-0.2, -0.15) is 0 Å². The molecule has 2 rings (SSSR count). The quantitative estimate of drug-likeness (QED) is 0.819. The first-order chi connectivity index (χ1) is 11.4. The van der Waals surface area contributed by atoms with E-state index in [1.54, 1.807) is 13.8 Å². The Balaban J connectivity index is 1.76. The zero-order chi connectivity index (χ0) is 17.7. The number of aryl methyl sites for hydroxylation is 2. The van der Waals surface area contributed by atoms with Crippen molar-refractivity contribution in [2.45, 2.75) is 26.7 Å². The number of nitrogens with one attached hydrogen (secondary N) is 1. The van der Waals surface area contributed by atoms with Crippen molar-refractivity contribution in [1.82, 2.24) is 5.16 Å². The van der Waals surface area contributed by atoms with Crippen molar-refractivity contribution in [3.63, 3.8) is 0 Å². The van der Waals surface area contributed by atoms with Crippen LogP contribution in [0.3, 0.4) is 0 Å². The van der Waals surface area contributed by atoms with Gasteiger partial charge in [0.1, 0.15) is 5.76 Å². The Labute approximate surface area is 136 Å². The van der Waals surface area contributed by atoms with Crippen LogP contribution >= 0.6 is 0 Å². The summed E-state index contributed by atoms with van der Waals surface area (Å²) in [6, 6.07) is 2.93. The van der Waals surface area contributed by atoms with Crippen molar-refractivity contribution in [1.29, 1.82) is 0 Å². The fourth-order valence-electron chi connectivity index (χ4n) is 2.08. The summed E-state index contributed by atoms with van der Waals surface area (Å²) >= 11 is 0. The smallest absolute Gasteiger partial charge is 0.306 e. The molecular formula is C16H16F2N2O4. The highest BCUT2D eigenvalue weighted by molar-refractivity contribution is 5.92. The lowest BCUT2D eigenvalue weighted by atomic mass is 10.1. The maximum atomic E-state index is 13.0. The Bertz CT molecular complexity index is 739. The van der Waals surface area contributed by atoms with Gasteiger partial charge in [0.05, 0.1) is 5.69 Å². The minimum Gasteiger partial charge on any atom is -0.456 e. The van der Waals surface area contributed by atoms with Crippen LogP contribution in [0.4, 0.5) is 14.5 Å². The zero-order valence-electron chi connectivity index (χ0n) is 13.2. The molecule has 0 aliphatic heterocycles. The van der Waals surface area contributed by atoms with Gasteiger partial charge in [-0.05, 0) is 32.4 Å². The van der Waals surface area contributed by atoms with Crippen molar-refractivity contribution in [2.24, 2.45) is 0 Å². The maximum absolute atomic E-state index is 13.0. The van der Waals surface area contributed by atoms with E-state index in [2.05, 4.69) is 10.5 Å². The van der Waals surface area contributed by atoms with Crippen molar-refractivity contribution >= 4 is 17.6 Å². The molecule has 0 unspecified atom stereocenters. The molecule has 8 heteroatoms. The van der Waals surface area contributed by atoms with Gasteiger partial charge in [-0.1, -0.05) is 5.16 Å². The van der Waals surface area contributed by atoms with Crippen molar-refractivity contribution < 1.29 is 27.6 Å². The highest BCUT2D eigenvalue weighted by Crippen LogP contribution is 2.15. The molecule has 128 valence electrons. The molecule has 0 spiro atoms. The Morgan fingerprint density at radius 1 is 1.25 bits per heavy atom. The van der Waals surface area contributed by atoms with Crippen LogP contribution in [-0.4, -0.2) is 23.6 Å². The number of hydrogen-bond acceptors (Lipinski definition) is 5. The van der Waals surface area contributed by atoms with Crippen molar-refractivity contribution in [3.05, 3.63) is 46.9 Å². The van der Waals surface area contributed by atoms with Crippen LogP contribution in [0.25, 0.3) is 0 Å². The highest BCUT2D eigenvalue weighted by Gasteiger charge is 2.13. The van der Waals surface area contributed by atoms with Crippen LogP contribution in [0.1, 0.15) is 23.4 Å². The third-order valence-electron chi connectivity index (χ3n) is 3.33. The van der Waals surface area contributed by atoms with Crippen molar-refractivity contribution in [3.8, 4) is 0 Å². The molecule has 1 amide bonds. The summed E-state index contributed by atoms with van der Waals surface area (Å²) in [5, 5.41) is 6.09. The summed E-state index contributed by atoms with van der Waals surface area (Å²) in [4.78, 5) is 23.3. The van der Waals surface area contributed by atoms with E-state index in [0.717, 1.165) is 17.7 Å². The maximum Gasteiger partial charge on any atom is 0.306 e. The summed E-state index contributed by atoms with van der Waals surface area (Å²) < 4.78 is 35.6. The van der Waals surface area contributed by atoms with Gasteiger partial charge in [0.15, 0.2) is 18.2 Å². The van der Waals surface area contributed by atoms with Gasteiger partial charge in [0.2, 0.25) is 0 Å². The van der Waals surface area contributed by atoms with E-state index in [0.29, 0.717) is 17.9 Å². The van der Waals surface area contributed by atoms with E-state index in [9.17, 15) is 18.4 Å². The number of ether oxygens (including phenoxy) is 1. The van der Waals surface area contributed by atoms with E-state index >= 15 is 0 Å². The normalized spacial score (nSPS) is 10.5. The number of aromatic nitrogens is 1. The molecule has 0 saturated carbocycles. The largest absolute Gasteiger partial charge is 0.456 e. The third kappa shape index (κ3) is 4.61. The molecule has 1 aromatic carbocycles. The Hall–Kier alpha value is -2.77. The molecule has 0 saturated heterocycles.